The molecule has 1 rings (SSSR count). The van der Waals surface area contributed by atoms with Crippen molar-refractivity contribution in [2.24, 2.45) is 0 Å². The smallest absolute Gasteiger partial charge is 0.0314 e. The molecule has 3 N–H and O–H groups in total. The zero-order valence-electron chi connectivity index (χ0n) is 9.79. The predicted molar refractivity (Wildman–Crippen MR) is 66.7 cm³/mol. The summed E-state index contributed by atoms with van der Waals surface area (Å²) in [6, 6.07) is 8.73. The van der Waals surface area contributed by atoms with Crippen molar-refractivity contribution in [2.75, 3.05) is 5.73 Å². The molecule has 1 aromatic rings. The van der Waals surface area contributed by atoms with Crippen molar-refractivity contribution < 1.29 is 0 Å². The molecule has 1 atom stereocenters. The summed E-state index contributed by atoms with van der Waals surface area (Å²) >= 11 is 0. The monoisotopic (exact) mass is 206 g/mol. The van der Waals surface area contributed by atoms with Gasteiger partial charge in [0.2, 0.25) is 0 Å². The highest BCUT2D eigenvalue weighted by molar-refractivity contribution is 5.39. The zero-order valence-corrected chi connectivity index (χ0v) is 9.79. The Morgan fingerprint density at radius 3 is 2.40 bits per heavy atom. The molecule has 2 nitrogen and oxygen atoms in total. The van der Waals surface area contributed by atoms with E-state index in [0.29, 0.717) is 6.04 Å². The van der Waals surface area contributed by atoms with E-state index in [0.717, 1.165) is 12.2 Å². The molecule has 0 aromatic heterocycles. The molecule has 0 aliphatic carbocycles. The molecule has 0 saturated heterocycles. The van der Waals surface area contributed by atoms with E-state index in [2.05, 4.69) is 31.3 Å². The number of nitrogens with one attached hydrogen (secondary N) is 1. The summed E-state index contributed by atoms with van der Waals surface area (Å²) < 4.78 is 0. The van der Waals surface area contributed by atoms with Gasteiger partial charge in [-0.05, 0) is 30.5 Å². The van der Waals surface area contributed by atoms with Gasteiger partial charge in [0.1, 0.15) is 0 Å². The van der Waals surface area contributed by atoms with Gasteiger partial charge >= 0.3 is 0 Å². The van der Waals surface area contributed by atoms with Crippen LogP contribution in [0.1, 0.15) is 38.7 Å². The first-order valence-electron chi connectivity index (χ1n) is 5.84. The minimum absolute atomic E-state index is 0.646. The summed E-state index contributed by atoms with van der Waals surface area (Å²) in [6.45, 7) is 5.41. The first kappa shape index (κ1) is 12.1. The number of hydrogen-bond acceptors (Lipinski definition) is 2. The topological polar surface area (TPSA) is 38.0 Å². The Hall–Kier alpha value is -1.02. The number of hydrogen-bond donors (Lipinski definition) is 2. The highest BCUT2D eigenvalue weighted by atomic mass is 14.9. The van der Waals surface area contributed by atoms with E-state index in [4.69, 9.17) is 5.73 Å². The quantitative estimate of drug-likeness (QED) is 0.702. The molecule has 1 unspecified atom stereocenters. The van der Waals surface area contributed by atoms with Crippen LogP contribution in [0.15, 0.2) is 24.3 Å². The second kappa shape index (κ2) is 6.46. The van der Waals surface area contributed by atoms with Crippen LogP contribution in [0.5, 0.6) is 0 Å². The lowest BCUT2D eigenvalue weighted by Gasteiger charge is -2.15. The van der Waals surface area contributed by atoms with Crippen LogP contribution in [0, 0.1) is 0 Å². The average molecular weight is 206 g/mol. The Bertz CT molecular complexity index is 266. The molecule has 0 saturated carbocycles. The molecule has 0 aliphatic heterocycles. The summed E-state index contributed by atoms with van der Waals surface area (Å²) in [7, 11) is 0. The van der Waals surface area contributed by atoms with Crippen molar-refractivity contribution in [3.63, 3.8) is 0 Å². The van der Waals surface area contributed by atoms with Crippen molar-refractivity contribution in [1.82, 2.24) is 5.32 Å². The van der Waals surface area contributed by atoms with Crippen molar-refractivity contribution in [1.29, 1.82) is 0 Å². The molecule has 15 heavy (non-hydrogen) atoms. The van der Waals surface area contributed by atoms with Crippen molar-refractivity contribution in [3.05, 3.63) is 29.8 Å². The van der Waals surface area contributed by atoms with Crippen LogP contribution in [0.2, 0.25) is 0 Å². The number of anilines is 1. The van der Waals surface area contributed by atoms with Gasteiger partial charge in [-0.1, -0.05) is 32.4 Å². The Labute approximate surface area is 92.9 Å². The summed E-state index contributed by atoms with van der Waals surface area (Å²) in [5, 5.41) is 3.57. The average Bonchev–Trinajstić information content (AvgIpc) is 2.26. The minimum atomic E-state index is 0.646. The van der Waals surface area contributed by atoms with Gasteiger partial charge in [-0.2, -0.15) is 0 Å². The Balaban J connectivity index is 2.38. The standard InChI is InChI=1S/C13H22N2/c1-3-5-13(4-2)15-10-11-6-8-12(14)9-7-11/h6-9,13,15H,3-5,10,14H2,1-2H3. The van der Waals surface area contributed by atoms with E-state index in [9.17, 15) is 0 Å². The van der Waals surface area contributed by atoms with Crippen LogP contribution in [0.3, 0.4) is 0 Å². The summed E-state index contributed by atoms with van der Waals surface area (Å²) in [6.07, 6.45) is 3.70. The molecule has 84 valence electrons. The molecule has 0 heterocycles. The summed E-state index contributed by atoms with van der Waals surface area (Å²) in [4.78, 5) is 0. The van der Waals surface area contributed by atoms with E-state index in [1.54, 1.807) is 0 Å². The molecule has 0 aliphatic rings. The van der Waals surface area contributed by atoms with Crippen LogP contribution in [0.4, 0.5) is 5.69 Å². The van der Waals surface area contributed by atoms with Gasteiger partial charge in [-0.15, -0.1) is 0 Å². The third kappa shape index (κ3) is 4.34. The largest absolute Gasteiger partial charge is 0.399 e. The molecule has 1 aromatic carbocycles. The normalized spacial score (nSPS) is 12.7. The van der Waals surface area contributed by atoms with Crippen LogP contribution in [-0.4, -0.2) is 6.04 Å². The lowest BCUT2D eigenvalue weighted by Crippen LogP contribution is -2.27. The SMILES string of the molecule is CCCC(CC)NCc1ccc(N)cc1. The number of nitrogens with two attached hydrogens (primary N) is 1. The molecule has 0 spiro atoms. The maximum Gasteiger partial charge on any atom is 0.0314 e. The predicted octanol–water partition coefficient (Wildman–Crippen LogP) is 2.94. The molecular formula is C13H22N2. The second-order valence-electron chi connectivity index (χ2n) is 4.02. The fourth-order valence-electron chi connectivity index (χ4n) is 1.70. The number of rotatable bonds is 6. The number of nitrogen functional groups attached to an aromatic ring is 1. The lowest BCUT2D eigenvalue weighted by molar-refractivity contribution is 0.462. The Kier molecular flexibility index (Phi) is 5.19. The molecule has 0 amide bonds. The first-order valence-corrected chi connectivity index (χ1v) is 5.84. The van der Waals surface area contributed by atoms with Crippen molar-refractivity contribution >= 4 is 5.69 Å². The molecule has 2 heteroatoms. The number of benzene rings is 1. The van der Waals surface area contributed by atoms with Gasteiger partial charge in [0.05, 0.1) is 0 Å². The Morgan fingerprint density at radius 2 is 1.87 bits per heavy atom. The fraction of sp³-hybridized carbons (Fsp3) is 0.538. The minimum Gasteiger partial charge on any atom is -0.399 e. The molecule has 0 fully saturated rings. The highest BCUT2D eigenvalue weighted by Crippen LogP contribution is 2.07. The maximum atomic E-state index is 5.64. The van der Waals surface area contributed by atoms with Crippen LogP contribution >= 0.6 is 0 Å². The first-order chi connectivity index (χ1) is 7.26. The third-order valence-corrected chi connectivity index (χ3v) is 2.70. The maximum absolute atomic E-state index is 5.64. The zero-order chi connectivity index (χ0) is 11.1. The van der Waals surface area contributed by atoms with Gasteiger partial charge in [0.25, 0.3) is 0 Å². The van der Waals surface area contributed by atoms with E-state index < -0.39 is 0 Å². The van der Waals surface area contributed by atoms with E-state index in [1.807, 2.05) is 12.1 Å². The van der Waals surface area contributed by atoms with Gasteiger partial charge in [0, 0.05) is 18.3 Å². The fourth-order valence-corrected chi connectivity index (χ4v) is 1.70. The van der Waals surface area contributed by atoms with Gasteiger partial charge in [-0.3, -0.25) is 0 Å². The van der Waals surface area contributed by atoms with Crippen molar-refractivity contribution in [2.45, 2.75) is 45.7 Å². The third-order valence-electron chi connectivity index (χ3n) is 2.70. The van der Waals surface area contributed by atoms with Crippen molar-refractivity contribution in [3.8, 4) is 0 Å². The van der Waals surface area contributed by atoms with E-state index >= 15 is 0 Å². The molecule has 0 radical (unpaired) electrons. The van der Waals surface area contributed by atoms with Gasteiger partial charge < -0.3 is 11.1 Å². The second-order valence-corrected chi connectivity index (χ2v) is 4.02. The van der Waals surface area contributed by atoms with Gasteiger partial charge in [-0.25, -0.2) is 0 Å². The van der Waals surface area contributed by atoms with Crippen LogP contribution in [-0.2, 0) is 6.54 Å². The molecule has 0 bridgehead atoms. The lowest BCUT2D eigenvalue weighted by atomic mass is 10.1. The van der Waals surface area contributed by atoms with Crippen LogP contribution in [0.25, 0.3) is 0 Å². The molecular weight excluding hydrogens is 184 g/mol. The summed E-state index contributed by atoms with van der Waals surface area (Å²) in [5.41, 5.74) is 7.77. The van der Waals surface area contributed by atoms with E-state index in [-0.39, 0.29) is 0 Å². The van der Waals surface area contributed by atoms with Gasteiger partial charge in [0.15, 0.2) is 0 Å². The summed E-state index contributed by atoms with van der Waals surface area (Å²) in [5.74, 6) is 0. The highest BCUT2D eigenvalue weighted by Gasteiger charge is 2.03. The van der Waals surface area contributed by atoms with E-state index in [1.165, 1.54) is 24.8 Å². The Morgan fingerprint density at radius 1 is 1.20 bits per heavy atom. The van der Waals surface area contributed by atoms with Crippen LogP contribution < -0.4 is 11.1 Å².